The van der Waals surface area contributed by atoms with E-state index in [-0.39, 0.29) is 16.8 Å². The number of carbonyl (C=O) groups is 1. The Labute approximate surface area is 184 Å². The number of para-hydroxylation sites is 2. The summed E-state index contributed by atoms with van der Waals surface area (Å²) in [7, 11) is 0. The molecule has 1 heterocycles. The maximum absolute atomic E-state index is 12.9. The summed E-state index contributed by atoms with van der Waals surface area (Å²) >= 11 is 5.67. The average molecular weight is 423 g/mol. The first-order valence-corrected chi connectivity index (χ1v) is 10.3. The second-order valence-electron chi connectivity index (χ2n) is 7.11. The molecule has 4 aromatic carbocycles. The van der Waals surface area contributed by atoms with Crippen molar-refractivity contribution in [3.63, 3.8) is 0 Å². The minimum absolute atomic E-state index is 0.218. The second kappa shape index (κ2) is 8.05. The van der Waals surface area contributed by atoms with Crippen LogP contribution in [0.1, 0.15) is 10.6 Å². The largest absolute Gasteiger partial charge is 0.451 e. The first-order chi connectivity index (χ1) is 15.2. The molecule has 0 aliphatic heterocycles. The molecule has 0 radical (unpaired) electrons. The fourth-order valence-electron chi connectivity index (χ4n) is 3.58. The SMILES string of the molecule is O=C(NC(=S)N(c1ccccc1)c1ccc2ccccc2c1)c1cc2ccccc2o1. The molecule has 0 saturated carbocycles. The smallest absolute Gasteiger partial charge is 0.293 e. The van der Waals surface area contributed by atoms with Crippen LogP contribution in [-0.2, 0) is 0 Å². The summed E-state index contributed by atoms with van der Waals surface area (Å²) in [4.78, 5) is 14.7. The third kappa shape index (κ3) is 3.79. The Bertz CT molecular complexity index is 1380. The molecule has 5 rings (SSSR count). The van der Waals surface area contributed by atoms with Crippen molar-refractivity contribution >= 4 is 56.4 Å². The molecule has 31 heavy (non-hydrogen) atoms. The van der Waals surface area contributed by atoms with Crippen molar-refractivity contribution in [3.8, 4) is 0 Å². The Morgan fingerprint density at radius 3 is 2.16 bits per heavy atom. The van der Waals surface area contributed by atoms with Crippen molar-refractivity contribution in [2.75, 3.05) is 4.90 Å². The van der Waals surface area contributed by atoms with Crippen molar-refractivity contribution in [3.05, 3.63) is 109 Å². The summed E-state index contributed by atoms with van der Waals surface area (Å²) in [5, 5.41) is 6.19. The van der Waals surface area contributed by atoms with Gasteiger partial charge in [-0.3, -0.25) is 15.0 Å². The third-order valence-corrected chi connectivity index (χ3v) is 5.36. The van der Waals surface area contributed by atoms with E-state index in [1.165, 1.54) is 0 Å². The summed E-state index contributed by atoms with van der Waals surface area (Å²) in [6.45, 7) is 0. The monoisotopic (exact) mass is 422 g/mol. The molecule has 0 bridgehead atoms. The molecular formula is C26H18N2O2S. The number of hydrogen-bond donors (Lipinski definition) is 1. The highest BCUT2D eigenvalue weighted by molar-refractivity contribution is 7.80. The molecule has 5 heteroatoms. The van der Waals surface area contributed by atoms with Crippen molar-refractivity contribution < 1.29 is 9.21 Å². The van der Waals surface area contributed by atoms with E-state index in [2.05, 4.69) is 23.5 Å². The molecular weight excluding hydrogens is 404 g/mol. The Morgan fingerprint density at radius 2 is 1.39 bits per heavy atom. The number of hydrogen-bond acceptors (Lipinski definition) is 3. The molecule has 4 nitrogen and oxygen atoms in total. The fraction of sp³-hybridized carbons (Fsp3) is 0. The number of nitrogens with one attached hydrogen (secondary N) is 1. The molecule has 1 N–H and O–H groups in total. The van der Waals surface area contributed by atoms with Gasteiger partial charge in [-0.1, -0.05) is 66.7 Å². The van der Waals surface area contributed by atoms with E-state index in [9.17, 15) is 4.79 Å². The molecule has 5 aromatic rings. The number of fused-ring (bicyclic) bond motifs is 2. The topological polar surface area (TPSA) is 45.5 Å². The summed E-state index contributed by atoms with van der Waals surface area (Å²) in [5.41, 5.74) is 2.38. The number of rotatable bonds is 3. The highest BCUT2D eigenvalue weighted by atomic mass is 32.1. The summed E-state index contributed by atoms with van der Waals surface area (Å²) in [6, 6.07) is 33.2. The molecule has 150 valence electrons. The van der Waals surface area contributed by atoms with Gasteiger partial charge < -0.3 is 4.42 Å². The van der Waals surface area contributed by atoms with Crippen molar-refractivity contribution in [1.29, 1.82) is 0 Å². The zero-order chi connectivity index (χ0) is 21.2. The Balaban J connectivity index is 1.49. The molecule has 0 fully saturated rings. The molecule has 0 spiro atoms. The van der Waals surface area contributed by atoms with Gasteiger partial charge in [0.25, 0.3) is 5.91 Å². The van der Waals surface area contributed by atoms with E-state index in [4.69, 9.17) is 16.6 Å². The first kappa shape index (κ1) is 19.0. The van der Waals surface area contributed by atoms with Crippen molar-refractivity contribution in [1.82, 2.24) is 5.32 Å². The van der Waals surface area contributed by atoms with Crippen LogP contribution in [-0.4, -0.2) is 11.0 Å². The Morgan fingerprint density at radius 1 is 0.710 bits per heavy atom. The van der Waals surface area contributed by atoms with Gasteiger partial charge in [0, 0.05) is 16.8 Å². The molecule has 1 aromatic heterocycles. The number of amides is 1. The van der Waals surface area contributed by atoms with Crippen molar-refractivity contribution in [2.45, 2.75) is 0 Å². The lowest BCUT2D eigenvalue weighted by molar-refractivity contribution is 0.0952. The van der Waals surface area contributed by atoms with Crippen LogP contribution in [0.25, 0.3) is 21.7 Å². The third-order valence-electron chi connectivity index (χ3n) is 5.08. The molecule has 1 amide bonds. The second-order valence-corrected chi connectivity index (χ2v) is 7.50. The lowest BCUT2D eigenvalue weighted by Crippen LogP contribution is -2.40. The lowest BCUT2D eigenvalue weighted by atomic mass is 10.1. The molecule has 0 saturated heterocycles. The average Bonchev–Trinajstić information content (AvgIpc) is 3.24. The van der Waals surface area contributed by atoms with E-state index in [0.717, 1.165) is 27.5 Å². The molecule has 0 unspecified atom stereocenters. The van der Waals surface area contributed by atoms with E-state index in [1.54, 1.807) is 6.07 Å². The molecule has 0 aliphatic rings. The fourth-order valence-corrected chi connectivity index (χ4v) is 3.89. The summed E-state index contributed by atoms with van der Waals surface area (Å²) in [6.07, 6.45) is 0. The number of carbonyl (C=O) groups excluding carboxylic acids is 1. The van der Waals surface area contributed by atoms with Crippen LogP contribution in [0.15, 0.2) is 108 Å². The Kier molecular flexibility index (Phi) is 4.94. The standard InChI is InChI=1S/C26H18N2O2S/c29-25(24-17-20-10-6-7-13-23(20)30-24)27-26(31)28(21-11-2-1-3-12-21)22-15-14-18-8-4-5-9-19(18)16-22/h1-17H,(H,27,29,31). The van der Waals surface area contributed by atoms with Crippen LogP contribution in [0.4, 0.5) is 11.4 Å². The van der Waals surface area contributed by atoms with Gasteiger partial charge in [0.05, 0.1) is 0 Å². The van der Waals surface area contributed by atoms with Crippen molar-refractivity contribution in [2.24, 2.45) is 0 Å². The zero-order valence-corrected chi connectivity index (χ0v) is 17.3. The van der Waals surface area contributed by atoms with Gasteiger partial charge in [0.1, 0.15) is 5.58 Å². The highest BCUT2D eigenvalue weighted by Crippen LogP contribution is 2.29. The molecule has 0 aliphatic carbocycles. The zero-order valence-electron chi connectivity index (χ0n) is 16.5. The lowest BCUT2D eigenvalue weighted by Gasteiger charge is -2.25. The number of anilines is 2. The van der Waals surface area contributed by atoms with Gasteiger partial charge in [-0.25, -0.2) is 0 Å². The predicted octanol–water partition coefficient (Wildman–Crippen LogP) is 6.44. The van der Waals surface area contributed by atoms with E-state index in [0.29, 0.717) is 5.58 Å². The van der Waals surface area contributed by atoms with Gasteiger partial charge in [-0.15, -0.1) is 0 Å². The minimum Gasteiger partial charge on any atom is -0.451 e. The first-order valence-electron chi connectivity index (χ1n) is 9.87. The maximum Gasteiger partial charge on any atom is 0.293 e. The van der Waals surface area contributed by atoms with E-state index < -0.39 is 0 Å². The van der Waals surface area contributed by atoms with Gasteiger partial charge >= 0.3 is 0 Å². The Hall–Kier alpha value is -3.96. The van der Waals surface area contributed by atoms with E-state index in [1.807, 2.05) is 83.8 Å². The van der Waals surface area contributed by atoms with Crippen LogP contribution in [0, 0.1) is 0 Å². The minimum atomic E-state index is -0.386. The maximum atomic E-state index is 12.9. The van der Waals surface area contributed by atoms with Gasteiger partial charge in [-0.2, -0.15) is 0 Å². The van der Waals surface area contributed by atoms with Crippen LogP contribution >= 0.6 is 12.2 Å². The van der Waals surface area contributed by atoms with Gasteiger partial charge in [0.2, 0.25) is 0 Å². The predicted molar refractivity (Wildman–Crippen MR) is 129 cm³/mol. The quantitative estimate of drug-likeness (QED) is 0.340. The van der Waals surface area contributed by atoms with Crippen LogP contribution in [0.3, 0.4) is 0 Å². The summed E-state index contributed by atoms with van der Waals surface area (Å²) in [5.74, 6) is -0.169. The van der Waals surface area contributed by atoms with Crippen LogP contribution in [0.2, 0.25) is 0 Å². The van der Waals surface area contributed by atoms with Crippen LogP contribution < -0.4 is 10.2 Å². The van der Waals surface area contributed by atoms with Crippen LogP contribution in [0.5, 0.6) is 0 Å². The molecule has 0 atom stereocenters. The van der Waals surface area contributed by atoms with Gasteiger partial charge in [-0.05, 0) is 59.4 Å². The number of nitrogens with zero attached hydrogens (tertiary/aromatic N) is 1. The highest BCUT2D eigenvalue weighted by Gasteiger charge is 2.20. The number of furan rings is 1. The van der Waals surface area contributed by atoms with Gasteiger partial charge in [0.15, 0.2) is 10.9 Å². The normalized spacial score (nSPS) is 10.8. The van der Waals surface area contributed by atoms with E-state index >= 15 is 0 Å². The summed E-state index contributed by atoms with van der Waals surface area (Å²) < 4.78 is 5.69. The number of thiocarbonyl (C=S) groups is 1. The number of benzene rings is 4.